The Hall–Kier alpha value is -3.62. The van der Waals surface area contributed by atoms with Crippen LogP contribution in [0.2, 0.25) is 5.02 Å². The minimum absolute atomic E-state index is 0.0852. The Morgan fingerprint density at radius 2 is 1.86 bits per heavy atom. The molecule has 186 valence electrons. The maximum atomic E-state index is 13.2. The molecule has 1 aliphatic heterocycles. The summed E-state index contributed by atoms with van der Waals surface area (Å²) < 4.78 is 10.5. The number of hydrogen-bond donors (Lipinski definition) is 1. The average molecular weight is 526 g/mol. The molecule has 2 heterocycles. The lowest BCUT2D eigenvalue weighted by Gasteiger charge is -2.24. The summed E-state index contributed by atoms with van der Waals surface area (Å²) in [7, 11) is 1.47. The molecule has 0 radical (unpaired) electrons. The van der Waals surface area contributed by atoms with Gasteiger partial charge >= 0.3 is 5.97 Å². The van der Waals surface area contributed by atoms with Gasteiger partial charge in [0.1, 0.15) is 17.6 Å². The van der Waals surface area contributed by atoms with E-state index in [2.05, 4.69) is 0 Å². The van der Waals surface area contributed by atoms with Gasteiger partial charge < -0.3 is 14.6 Å². The number of hydrogen-bond acceptors (Lipinski definition) is 7. The summed E-state index contributed by atoms with van der Waals surface area (Å²) in [5.74, 6) is -1.88. The van der Waals surface area contributed by atoms with Crippen molar-refractivity contribution in [2.24, 2.45) is 5.92 Å². The van der Waals surface area contributed by atoms with Gasteiger partial charge in [-0.1, -0.05) is 31.5 Å². The molecular formula is C27H24ClNO6S. The molecule has 0 aliphatic carbocycles. The summed E-state index contributed by atoms with van der Waals surface area (Å²) >= 11 is 7.67. The number of ketones is 1. The van der Waals surface area contributed by atoms with Gasteiger partial charge in [-0.2, -0.15) is 0 Å². The van der Waals surface area contributed by atoms with Gasteiger partial charge in [-0.3, -0.25) is 14.5 Å². The first kappa shape index (κ1) is 25.5. The highest BCUT2D eigenvalue weighted by Gasteiger charge is 2.47. The topological polar surface area (TPSA) is 93.1 Å². The third kappa shape index (κ3) is 4.87. The predicted molar refractivity (Wildman–Crippen MR) is 139 cm³/mol. The number of methoxy groups -OCH3 is 1. The molecule has 7 nitrogen and oxygen atoms in total. The highest BCUT2D eigenvalue weighted by molar-refractivity contribution is 7.10. The Balaban J connectivity index is 1.78. The Morgan fingerprint density at radius 1 is 1.14 bits per heavy atom. The monoisotopic (exact) mass is 525 g/mol. The van der Waals surface area contributed by atoms with Crippen LogP contribution in [0.15, 0.2) is 65.6 Å². The molecule has 0 saturated carbocycles. The number of benzene rings is 2. The molecule has 1 aliphatic rings. The van der Waals surface area contributed by atoms with E-state index in [4.69, 9.17) is 21.1 Å². The second-order valence-electron chi connectivity index (χ2n) is 8.57. The molecule has 1 aromatic heterocycles. The number of aliphatic hydroxyl groups excluding tert-OH is 1. The predicted octanol–water partition coefficient (Wildman–Crippen LogP) is 5.85. The van der Waals surface area contributed by atoms with Crippen molar-refractivity contribution in [2.75, 3.05) is 18.6 Å². The van der Waals surface area contributed by atoms with Gasteiger partial charge in [-0.15, -0.1) is 11.3 Å². The van der Waals surface area contributed by atoms with Crippen LogP contribution in [0.4, 0.5) is 5.69 Å². The molecule has 1 fully saturated rings. The zero-order chi connectivity index (χ0) is 26.0. The summed E-state index contributed by atoms with van der Waals surface area (Å²) in [6.07, 6.45) is 0. The van der Waals surface area contributed by atoms with Gasteiger partial charge in [0, 0.05) is 16.1 Å². The lowest BCUT2D eigenvalue weighted by molar-refractivity contribution is -0.132. The van der Waals surface area contributed by atoms with E-state index in [1.54, 1.807) is 48.5 Å². The van der Waals surface area contributed by atoms with Crippen LogP contribution in [-0.4, -0.2) is 36.5 Å². The number of carbonyl (C=O) groups excluding carboxylic acids is 3. The van der Waals surface area contributed by atoms with Gasteiger partial charge in [-0.25, -0.2) is 4.79 Å². The van der Waals surface area contributed by atoms with Crippen LogP contribution in [0.1, 0.15) is 40.7 Å². The first-order chi connectivity index (χ1) is 17.2. The van der Waals surface area contributed by atoms with E-state index in [1.807, 2.05) is 19.2 Å². The van der Waals surface area contributed by atoms with Crippen molar-refractivity contribution in [3.8, 4) is 5.75 Å². The van der Waals surface area contributed by atoms with E-state index in [0.29, 0.717) is 28.5 Å². The number of Topliss-reactive ketones (excluding diaryl/α,β-unsaturated/α-hetero) is 1. The molecule has 1 saturated heterocycles. The Bertz CT molecular complexity index is 1330. The highest BCUT2D eigenvalue weighted by atomic mass is 35.5. The number of anilines is 1. The van der Waals surface area contributed by atoms with Crippen molar-refractivity contribution < 1.29 is 29.0 Å². The van der Waals surface area contributed by atoms with Gasteiger partial charge in [0.2, 0.25) is 0 Å². The van der Waals surface area contributed by atoms with Crippen LogP contribution >= 0.6 is 22.9 Å². The number of nitrogens with zero attached hydrogens (tertiary/aromatic N) is 1. The number of amides is 1. The molecule has 36 heavy (non-hydrogen) atoms. The van der Waals surface area contributed by atoms with Crippen LogP contribution in [0.3, 0.4) is 0 Å². The quantitative estimate of drug-likeness (QED) is 0.180. The molecule has 0 bridgehead atoms. The highest BCUT2D eigenvalue weighted by Crippen LogP contribution is 2.44. The SMILES string of the molecule is COc1ccc(Cl)c(/C(O)=C2/C(=O)C(=O)N(c3ccc(C(=O)OCC(C)C)cc3)C2c2cccs2)c1. The molecule has 1 amide bonds. The summed E-state index contributed by atoms with van der Waals surface area (Å²) in [5, 5.41) is 13.3. The number of aliphatic hydroxyl groups is 1. The van der Waals surface area contributed by atoms with Gasteiger partial charge in [0.15, 0.2) is 0 Å². The molecular weight excluding hydrogens is 502 g/mol. The van der Waals surface area contributed by atoms with E-state index in [-0.39, 0.29) is 22.1 Å². The summed E-state index contributed by atoms with van der Waals surface area (Å²) in [6, 6.07) is 13.6. The smallest absolute Gasteiger partial charge is 0.338 e. The Labute approximate surface area is 217 Å². The minimum Gasteiger partial charge on any atom is -0.507 e. The van der Waals surface area contributed by atoms with Crippen molar-refractivity contribution >= 4 is 52.0 Å². The number of thiophene rings is 1. The number of esters is 1. The molecule has 3 aromatic rings. The van der Waals surface area contributed by atoms with Gasteiger partial charge in [0.05, 0.1) is 29.9 Å². The number of rotatable bonds is 7. The number of ether oxygens (including phenoxy) is 2. The summed E-state index contributed by atoms with van der Waals surface area (Å²) in [5.41, 5.74) is 0.815. The fraction of sp³-hybridized carbons (Fsp3) is 0.222. The molecule has 9 heteroatoms. The first-order valence-corrected chi connectivity index (χ1v) is 12.4. The van der Waals surface area contributed by atoms with Crippen molar-refractivity contribution in [2.45, 2.75) is 19.9 Å². The fourth-order valence-electron chi connectivity index (χ4n) is 3.86. The van der Waals surface area contributed by atoms with Crippen molar-refractivity contribution in [3.05, 3.63) is 86.6 Å². The van der Waals surface area contributed by atoms with Crippen molar-refractivity contribution in [1.29, 1.82) is 0 Å². The van der Waals surface area contributed by atoms with Gasteiger partial charge in [0.25, 0.3) is 11.7 Å². The van der Waals surface area contributed by atoms with E-state index >= 15 is 0 Å². The average Bonchev–Trinajstić information content (AvgIpc) is 3.49. The third-order valence-electron chi connectivity index (χ3n) is 5.61. The standard InChI is InChI=1S/C27H24ClNO6S/c1-15(2)14-35-27(33)16-6-8-17(9-7-16)29-23(21-5-4-12-36-21)22(25(31)26(29)32)24(30)19-13-18(34-3)10-11-20(19)28/h4-13,15,23,30H,14H2,1-3H3/b24-22-. The van der Waals surface area contributed by atoms with E-state index in [1.165, 1.54) is 29.4 Å². The second kappa shape index (κ2) is 10.6. The third-order valence-corrected chi connectivity index (χ3v) is 6.87. The Kier molecular flexibility index (Phi) is 7.47. The molecule has 1 N–H and O–H groups in total. The van der Waals surface area contributed by atoms with Crippen LogP contribution in [0.25, 0.3) is 5.76 Å². The molecule has 1 atom stereocenters. The van der Waals surface area contributed by atoms with Gasteiger partial charge in [-0.05, 0) is 59.8 Å². The lowest BCUT2D eigenvalue weighted by Crippen LogP contribution is -2.29. The summed E-state index contributed by atoms with van der Waals surface area (Å²) in [4.78, 5) is 40.8. The van der Waals surface area contributed by atoms with Crippen LogP contribution in [-0.2, 0) is 14.3 Å². The fourth-order valence-corrected chi connectivity index (χ4v) is 4.89. The lowest BCUT2D eigenvalue weighted by atomic mass is 9.99. The van der Waals surface area contributed by atoms with Crippen LogP contribution in [0, 0.1) is 5.92 Å². The Morgan fingerprint density at radius 3 is 2.47 bits per heavy atom. The van der Waals surface area contributed by atoms with E-state index < -0.39 is 29.5 Å². The molecule has 0 spiro atoms. The maximum Gasteiger partial charge on any atom is 0.338 e. The van der Waals surface area contributed by atoms with Crippen LogP contribution in [0.5, 0.6) is 5.75 Å². The number of carbonyl (C=O) groups is 3. The van der Waals surface area contributed by atoms with E-state index in [9.17, 15) is 19.5 Å². The minimum atomic E-state index is -0.883. The van der Waals surface area contributed by atoms with E-state index in [0.717, 1.165) is 0 Å². The zero-order valence-electron chi connectivity index (χ0n) is 19.9. The molecule has 1 unspecified atom stereocenters. The summed E-state index contributed by atoms with van der Waals surface area (Å²) in [6.45, 7) is 4.17. The van der Waals surface area contributed by atoms with Crippen LogP contribution < -0.4 is 9.64 Å². The largest absolute Gasteiger partial charge is 0.507 e. The normalized spacial score (nSPS) is 17.0. The maximum absolute atomic E-state index is 13.2. The molecule has 4 rings (SSSR count). The molecule has 2 aromatic carbocycles. The van der Waals surface area contributed by atoms with Crippen molar-refractivity contribution in [3.63, 3.8) is 0 Å². The van der Waals surface area contributed by atoms with Crippen molar-refractivity contribution in [1.82, 2.24) is 0 Å². The zero-order valence-corrected chi connectivity index (χ0v) is 21.4. The second-order valence-corrected chi connectivity index (χ2v) is 9.96. The first-order valence-electron chi connectivity index (χ1n) is 11.2. The number of halogens is 1.